The van der Waals surface area contributed by atoms with Gasteiger partial charge in [-0.15, -0.1) is 11.3 Å². The van der Waals surface area contributed by atoms with E-state index in [0.29, 0.717) is 11.6 Å². The molecule has 0 radical (unpaired) electrons. The average Bonchev–Trinajstić information content (AvgIpc) is 2.93. The minimum absolute atomic E-state index is 0.399. The van der Waals surface area contributed by atoms with E-state index in [1.165, 1.54) is 0 Å². The van der Waals surface area contributed by atoms with E-state index in [2.05, 4.69) is 37.0 Å². The first-order valence-electron chi connectivity index (χ1n) is 5.42. The summed E-state index contributed by atoms with van der Waals surface area (Å²) in [4.78, 5) is 0. The zero-order chi connectivity index (χ0) is 13.4. The Morgan fingerprint density at radius 2 is 1.89 bits per heavy atom. The molecule has 0 amide bonds. The van der Waals surface area contributed by atoms with Crippen molar-refractivity contribution < 1.29 is 4.52 Å². The molecule has 0 saturated heterocycles. The van der Waals surface area contributed by atoms with E-state index in [0.717, 1.165) is 24.3 Å². The highest BCUT2D eigenvalue weighted by atomic mass is 79.9. The van der Waals surface area contributed by atoms with Gasteiger partial charge in [-0.05, 0) is 43.5 Å². The predicted molar refractivity (Wildman–Crippen MR) is 85.1 cm³/mol. The number of nitrogen functional groups attached to an aromatic ring is 1. The molecule has 0 saturated carbocycles. The van der Waals surface area contributed by atoms with E-state index in [1.807, 2.05) is 36.4 Å². The average molecular weight is 400 g/mol. The molecule has 6 heteroatoms. The van der Waals surface area contributed by atoms with Crippen molar-refractivity contribution in [2.24, 2.45) is 0 Å². The lowest BCUT2D eigenvalue weighted by atomic mass is 10.0. The number of anilines is 1. The second-order valence-corrected chi connectivity index (χ2v) is 7.63. The molecule has 2 heterocycles. The summed E-state index contributed by atoms with van der Waals surface area (Å²) in [7, 11) is 0. The second kappa shape index (κ2) is 5.11. The summed E-state index contributed by atoms with van der Waals surface area (Å²) in [6, 6.07) is 11.9. The fourth-order valence-corrected chi connectivity index (χ4v) is 4.66. The number of halogens is 2. The molecule has 19 heavy (non-hydrogen) atoms. The Morgan fingerprint density at radius 1 is 1.16 bits per heavy atom. The first kappa shape index (κ1) is 12.9. The first-order chi connectivity index (χ1) is 9.16. The van der Waals surface area contributed by atoms with Gasteiger partial charge in [0.05, 0.1) is 13.1 Å². The minimum atomic E-state index is 0.399. The van der Waals surface area contributed by atoms with Crippen LogP contribution in [0.2, 0.25) is 0 Å². The molecule has 3 aromatic rings. The van der Waals surface area contributed by atoms with Crippen molar-refractivity contribution >= 4 is 49.0 Å². The highest BCUT2D eigenvalue weighted by Crippen LogP contribution is 2.44. The van der Waals surface area contributed by atoms with Crippen LogP contribution >= 0.6 is 43.2 Å². The maximum atomic E-state index is 5.94. The second-order valence-electron chi connectivity index (χ2n) is 3.88. The quantitative estimate of drug-likeness (QED) is 0.645. The molecular formula is C13H8Br2N2OS. The van der Waals surface area contributed by atoms with E-state index in [9.17, 15) is 0 Å². The minimum Gasteiger partial charge on any atom is -0.380 e. The van der Waals surface area contributed by atoms with Crippen molar-refractivity contribution in [3.05, 3.63) is 44.0 Å². The Morgan fingerprint density at radius 3 is 2.53 bits per heavy atom. The van der Waals surface area contributed by atoms with Gasteiger partial charge in [-0.25, -0.2) is 0 Å². The van der Waals surface area contributed by atoms with Crippen molar-refractivity contribution in [3.63, 3.8) is 0 Å². The molecule has 1 aromatic carbocycles. The van der Waals surface area contributed by atoms with Crippen molar-refractivity contribution in [1.82, 2.24) is 5.16 Å². The Labute approximate surface area is 130 Å². The Kier molecular flexibility index (Phi) is 3.47. The van der Waals surface area contributed by atoms with Crippen LogP contribution in [0, 0.1) is 0 Å². The third kappa shape index (κ3) is 2.35. The summed E-state index contributed by atoms with van der Waals surface area (Å²) in [5, 5.41) is 3.89. The van der Waals surface area contributed by atoms with E-state index < -0.39 is 0 Å². The smallest absolute Gasteiger partial charge is 0.178 e. The van der Waals surface area contributed by atoms with Crippen molar-refractivity contribution in [1.29, 1.82) is 0 Å². The van der Waals surface area contributed by atoms with E-state index in [-0.39, 0.29) is 0 Å². The molecule has 0 spiro atoms. The Hall–Kier alpha value is -1.11. The van der Waals surface area contributed by atoms with Crippen LogP contribution in [-0.4, -0.2) is 5.16 Å². The van der Waals surface area contributed by atoms with Gasteiger partial charge in [-0.3, -0.25) is 0 Å². The fourth-order valence-electron chi connectivity index (χ4n) is 1.87. The van der Waals surface area contributed by atoms with Crippen LogP contribution in [0.4, 0.5) is 5.82 Å². The van der Waals surface area contributed by atoms with E-state index >= 15 is 0 Å². The third-order valence-corrected chi connectivity index (χ3v) is 5.02. The molecule has 3 nitrogen and oxygen atoms in total. The zero-order valence-electron chi connectivity index (χ0n) is 9.56. The number of hydrogen-bond donors (Lipinski definition) is 1. The standard InChI is InChI=1S/C13H8Br2N2OS/c14-9-6-8(12(15)19-9)11-10(13(16)17-18-11)7-4-2-1-3-5-7/h1-6H,(H2,16,17). The van der Waals surface area contributed by atoms with Gasteiger partial charge in [0.1, 0.15) is 0 Å². The summed E-state index contributed by atoms with van der Waals surface area (Å²) in [6.07, 6.45) is 0. The van der Waals surface area contributed by atoms with Crippen LogP contribution in [0.3, 0.4) is 0 Å². The molecule has 3 rings (SSSR count). The molecule has 0 bridgehead atoms. The largest absolute Gasteiger partial charge is 0.380 e. The van der Waals surface area contributed by atoms with Crippen molar-refractivity contribution in [3.8, 4) is 22.5 Å². The molecule has 96 valence electrons. The molecule has 0 fully saturated rings. The van der Waals surface area contributed by atoms with Crippen LogP contribution < -0.4 is 5.73 Å². The number of thiophene rings is 1. The van der Waals surface area contributed by atoms with Crippen LogP contribution in [-0.2, 0) is 0 Å². The molecule has 2 aromatic heterocycles. The highest BCUT2D eigenvalue weighted by molar-refractivity contribution is 9.12. The van der Waals surface area contributed by atoms with Crippen molar-refractivity contribution in [2.75, 3.05) is 5.73 Å². The SMILES string of the molecule is Nc1noc(-c2cc(Br)sc2Br)c1-c1ccccc1. The van der Waals surface area contributed by atoms with Crippen LogP contribution in [0.15, 0.2) is 48.5 Å². The Bertz CT molecular complexity index is 722. The van der Waals surface area contributed by atoms with Crippen LogP contribution in [0.1, 0.15) is 0 Å². The lowest BCUT2D eigenvalue weighted by Crippen LogP contribution is -1.88. The summed E-state index contributed by atoms with van der Waals surface area (Å²) in [5.41, 5.74) is 8.70. The number of nitrogens with zero attached hydrogens (tertiary/aromatic N) is 1. The van der Waals surface area contributed by atoms with E-state index in [4.69, 9.17) is 10.3 Å². The molecule has 0 aliphatic rings. The normalized spacial score (nSPS) is 10.8. The molecule has 0 atom stereocenters. The maximum Gasteiger partial charge on any atom is 0.178 e. The zero-order valence-corrected chi connectivity index (χ0v) is 13.5. The lowest BCUT2D eigenvalue weighted by Gasteiger charge is -2.01. The van der Waals surface area contributed by atoms with Gasteiger partial charge in [0, 0.05) is 5.56 Å². The van der Waals surface area contributed by atoms with E-state index in [1.54, 1.807) is 11.3 Å². The lowest BCUT2D eigenvalue weighted by molar-refractivity contribution is 0.436. The topological polar surface area (TPSA) is 52.0 Å². The summed E-state index contributed by atoms with van der Waals surface area (Å²) in [6.45, 7) is 0. The van der Waals surface area contributed by atoms with Gasteiger partial charge in [0.2, 0.25) is 0 Å². The van der Waals surface area contributed by atoms with Crippen LogP contribution in [0.5, 0.6) is 0 Å². The molecular weight excluding hydrogens is 392 g/mol. The molecule has 0 unspecified atom stereocenters. The predicted octanol–water partition coefficient (Wildman–Crippen LogP) is 5.18. The maximum absolute atomic E-state index is 5.94. The highest BCUT2D eigenvalue weighted by Gasteiger charge is 2.20. The van der Waals surface area contributed by atoms with Gasteiger partial charge in [0.25, 0.3) is 0 Å². The summed E-state index contributed by atoms with van der Waals surface area (Å²) in [5.74, 6) is 1.08. The third-order valence-electron chi connectivity index (χ3n) is 2.68. The Balaban J connectivity index is 2.22. The van der Waals surface area contributed by atoms with Gasteiger partial charge in [0.15, 0.2) is 11.6 Å². The number of benzene rings is 1. The molecule has 0 aliphatic heterocycles. The fraction of sp³-hybridized carbons (Fsp3) is 0. The number of rotatable bonds is 2. The van der Waals surface area contributed by atoms with Gasteiger partial charge >= 0.3 is 0 Å². The summed E-state index contributed by atoms with van der Waals surface area (Å²) < 4.78 is 7.41. The van der Waals surface area contributed by atoms with Gasteiger partial charge in [-0.2, -0.15) is 0 Å². The number of aromatic nitrogens is 1. The number of nitrogens with two attached hydrogens (primary N) is 1. The summed E-state index contributed by atoms with van der Waals surface area (Å²) >= 11 is 8.57. The monoisotopic (exact) mass is 398 g/mol. The molecule has 0 aliphatic carbocycles. The van der Waals surface area contributed by atoms with Gasteiger partial charge in [-0.1, -0.05) is 35.5 Å². The van der Waals surface area contributed by atoms with Gasteiger partial charge < -0.3 is 10.3 Å². The molecule has 2 N–H and O–H groups in total. The van der Waals surface area contributed by atoms with Crippen LogP contribution in [0.25, 0.3) is 22.5 Å². The van der Waals surface area contributed by atoms with Crippen molar-refractivity contribution in [2.45, 2.75) is 0 Å². The first-order valence-corrected chi connectivity index (χ1v) is 7.83. The number of hydrogen-bond acceptors (Lipinski definition) is 4.